The van der Waals surface area contributed by atoms with Gasteiger partial charge in [0.05, 0.1) is 12.6 Å². The van der Waals surface area contributed by atoms with Gasteiger partial charge >= 0.3 is 0 Å². The molecule has 1 heterocycles. The molecule has 104 valence electrons. The summed E-state index contributed by atoms with van der Waals surface area (Å²) in [6.45, 7) is 3.40. The van der Waals surface area contributed by atoms with Crippen molar-refractivity contribution in [3.8, 4) is 5.75 Å². The predicted molar refractivity (Wildman–Crippen MR) is 78.3 cm³/mol. The predicted octanol–water partition coefficient (Wildman–Crippen LogP) is 2.08. The van der Waals surface area contributed by atoms with Gasteiger partial charge in [0.15, 0.2) is 0 Å². The summed E-state index contributed by atoms with van der Waals surface area (Å²) in [6.07, 6.45) is 1.94. The maximum absolute atomic E-state index is 11.8. The van der Waals surface area contributed by atoms with Crippen LogP contribution >= 0.6 is 15.9 Å². The summed E-state index contributed by atoms with van der Waals surface area (Å²) in [6, 6.07) is 7.66. The van der Waals surface area contributed by atoms with E-state index in [0.29, 0.717) is 6.54 Å². The molecule has 0 radical (unpaired) electrons. The van der Waals surface area contributed by atoms with Gasteiger partial charge in [-0.3, -0.25) is 4.79 Å². The molecule has 2 rings (SSSR count). The Hall–Kier alpha value is -1.07. The van der Waals surface area contributed by atoms with Crippen LogP contribution in [0.2, 0.25) is 0 Å². The average molecular weight is 327 g/mol. The number of rotatable bonds is 5. The van der Waals surface area contributed by atoms with Crippen molar-refractivity contribution in [2.75, 3.05) is 13.1 Å². The minimum Gasteiger partial charge on any atom is -0.489 e. The molecule has 0 saturated carbocycles. The topological polar surface area (TPSA) is 50.4 Å². The Morgan fingerprint density at radius 3 is 3.16 bits per heavy atom. The van der Waals surface area contributed by atoms with E-state index in [2.05, 4.69) is 26.6 Å². The molecule has 1 saturated heterocycles. The van der Waals surface area contributed by atoms with Gasteiger partial charge in [-0.1, -0.05) is 22.0 Å². The third kappa shape index (κ3) is 4.51. The van der Waals surface area contributed by atoms with E-state index in [0.717, 1.165) is 29.6 Å². The van der Waals surface area contributed by atoms with E-state index in [4.69, 9.17) is 4.74 Å². The molecule has 0 bridgehead atoms. The van der Waals surface area contributed by atoms with Crippen molar-refractivity contribution in [1.29, 1.82) is 0 Å². The number of amides is 1. The number of carbonyl (C=O) groups is 1. The molecule has 1 aliphatic rings. The molecule has 2 atom stereocenters. The Bertz CT molecular complexity index is 433. The van der Waals surface area contributed by atoms with Crippen LogP contribution in [0.15, 0.2) is 28.7 Å². The smallest absolute Gasteiger partial charge is 0.237 e. The maximum Gasteiger partial charge on any atom is 0.237 e. The maximum atomic E-state index is 11.8. The lowest BCUT2D eigenvalue weighted by atomic mass is 10.2. The quantitative estimate of drug-likeness (QED) is 0.871. The Morgan fingerprint density at radius 2 is 2.47 bits per heavy atom. The van der Waals surface area contributed by atoms with Crippen molar-refractivity contribution in [3.05, 3.63) is 28.7 Å². The lowest BCUT2D eigenvalue weighted by molar-refractivity contribution is -0.123. The van der Waals surface area contributed by atoms with Crippen LogP contribution in [0.3, 0.4) is 0 Å². The second-order valence-corrected chi connectivity index (χ2v) is 5.70. The third-order valence-electron chi connectivity index (χ3n) is 3.07. The highest BCUT2D eigenvalue weighted by Gasteiger charge is 2.21. The Balaban J connectivity index is 1.75. The SMILES string of the molecule is C[C@H](CNC(=O)[C@H]1CCCN1)Oc1cccc(Br)c1. The average Bonchev–Trinajstić information content (AvgIpc) is 2.90. The highest BCUT2D eigenvalue weighted by molar-refractivity contribution is 9.10. The van der Waals surface area contributed by atoms with Crippen LogP contribution in [0.5, 0.6) is 5.75 Å². The van der Waals surface area contributed by atoms with Crippen molar-refractivity contribution in [2.24, 2.45) is 0 Å². The monoisotopic (exact) mass is 326 g/mol. The first-order valence-electron chi connectivity index (χ1n) is 6.58. The Morgan fingerprint density at radius 1 is 1.63 bits per heavy atom. The second-order valence-electron chi connectivity index (χ2n) is 4.78. The summed E-state index contributed by atoms with van der Waals surface area (Å²) in [4.78, 5) is 11.8. The Labute approximate surface area is 122 Å². The molecular weight excluding hydrogens is 308 g/mol. The summed E-state index contributed by atoms with van der Waals surface area (Å²) in [5.41, 5.74) is 0. The summed E-state index contributed by atoms with van der Waals surface area (Å²) >= 11 is 3.40. The molecular formula is C14H19BrN2O2. The molecule has 1 amide bonds. The normalized spacial score (nSPS) is 20.0. The molecule has 0 aliphatic carbocycles. The highest BCUT2D eigenvalue weighted by atomic mass is 79.9. The molecule has 1 aromatic rings. The highest BCUT2D eigenvalue weighted by Crippen LogP contribution is 2.18. The number of halogens is 1. The fraction of sp³-hybridized carbons (Fsp3) is 0.500. The van der Waals surface area contributed by atoms with Gasteiger partial charge in [0.25, 0.3) is 0 Å². The molecule has 4 nitrogen and oxygen atoms in total. The van der Waals surface area contributed by atoms with Crippen LogP contribution in [0, 0.1) is 0 Å². The van der Waals surface area contributed by atoms with Gasteiger partial charge < -0.3 is 15.4 Å². The molecule has 5 heteroatoms. The zero-order valence-electron chi connectivity index (χ0n) is 11.0. The van der Waals surface area contributed by atoms with Crippen LogP contribution in [0.1, 0.15) is 19.8 Å². The number of benzene rings is 1. The second kappa shape index (κ2) is 6.91. The van der Waals surface area contributed by atoms with E-state index >= 15 is 0 Å². The molecule has 1 aromatic carbocycles. The summed E-state index contributed by atoms with van der Waals surface area (Å²) < 4.78 is 6.73. The van der Waals surface area contributed by atoms with Crippen molar-refractivity contribution in [3.63, 3.8) is 0 Å². The van der Waals surface area contributed by atoms with Crippen LogP contribution < -0.4 is 15.4 Å². The number of nitrogens with one attached hydrogen (secondary N) is 2. The molecule has 1 fully saturated rings. The minimum absolute atomic E-state index is 0.0296. The van der Waals surface area contributed by atoms with Crippen molar-refractivity contribution < 1.29 is 9.53 Å². The van der Waals surface area contributed by atoms with E-state index in [1.165, 1.54) is 0 Å². The zero-order chi connectivity index (χ0) is 13.7. The lowest BCUT2D eigenvalue weighted by Crippen LogP contribution is -2.43. The van der Waals surface area contributed by atoms with Gasteiger partial charge in [-0.15, -0.1) is 0 Å². The molecule has 19 heavy (non-hydrogen) atoms. The van der Waals surface area contributed by atoms with Crippen LogP contribution in [0.4, 0.5) is 0 Å². The minimum atomic E-state index is -0.0559. The summed E-state index contributed by atoms with van der Waals surface area (Å²) in [7, 11) is 0. The van der Waals surface area contributed by atoms with Gasteiger partial charge in [-0.25, -0.2) is 0 Å². The van der Waals surface area contributed by atoms with Gasteiger partial charge in [0.1, 0.15) is 11.9 Å². The van der Waals surface area contributed by atoms with Crippen LogP contribution in [-0.2, 0) is 4.79 Å². The van der Waals surface area contributed by atoms with E-state index in [-0.39, 0.29) is 18.1 Å². The fourth-order valence-electron chi connectivity index (χ4n) is 2.09. The molecule has 0 unspecified atom stereocenters. The standard InChI is InChI=1S/C14H19BrN2O2/c1-10(19-12-5-2-4-11(15)8-12)9-17-14(18)13-6-3-7-16-13/h2,4-5,8,10,13,16H,3,6-7,9H2,1H3,(H,17,18)/t10-,13-/m1/s1. The van der Waals surface area contributed by atoms with E-state index in [1.807, 2.05) is 31.2 Å². The van der Waals surface area contributed by atoms with Gasteiger partial charge in [0, 0.05) is 4.47 Å². The van der Waals surface area contributed by atoms with Crippen molar-refractivity contribution in [2.45, 2.75) is 31.9 Å². The summed E-state index contributed by atoms with van der Waals surface area (Å²) in [5, 5.41) is 6.10. The number of carbonyl (C=O) groups excluding carboxylic acids is 1. The third-order valence-corrected chi connectivity index (χ3v) is 3.57. The van der Waals surface area contributed by atoms with Crippen LogP contribution in [-0.4, -0.2) is 31.1 Å². The van der Waals surface area contributed by atoms with Gasteiger partial charge in [0.2, 0.25) is 5.91 Å². The van der Waals surface area contributed by atoms with Crippen LogP contribution in [0.25, 0.3) is 0 Å². The lowest BCUT2D eigenvalue weighted by Gasteiger charge is -2.17. The Kier molecular flexibility index (Phi) is 5.22. The van der Waals surface area contributed by atoms with Gasteiger partial charge in [-0.05, 0) is 44.5 Å². The zero-order valence-corrected chi connectivity index (χ0v) is 12.6. The molecule has 2 N–H and O–H groups in total. The van der Waals surface area contributed by atoms with E-state index < -0.39 is 0 Å². The van der Waals surface area contributed by atoms with E-state index in [9.17, 15) is 4.79 Å². The number of hydrogen-bond acceptors (Lipinski definition) is 3. The molecule has 0 aromatic heterocycles. The number of ether oxygens (including phenoxy) is 1. The van der Waals surface area contributed by atoms with Crippen molar-refractivity contribution in [1.82, 2.24) is 10.6 Å². The first-order valence-corrected chi connectivity index (χ1v) is 7.38. The van der Waals surface area contributed by atoms with Crippen molar-refractivity contribution >= 4 is 21.8 Å². The first kappa shape index (κ1) is 14.3. The fourth-order valence-corrected chi connectivity index (χ4v) is 2.47. The summed E-state index contributed by atoms with van der Waals surface area (Å²) in [5.74, 6) is 0.873. The molecule has 0 spiro atoms. The first-order chi connectivity index (χ1) is 9.15. The largest absolute Gasteiger partial charge is 0.489 e. The van der Waals surface area contributed by atoms with E-state index in [1.54, 1.807) is 0 Å². The van der Waals surface area contributed by atoms with Gasteiger partial charge in [-0.2, -0.15) is 0 Å². The molecule has 1 aliphatic heterocycles. The number of hydrogen-bond donors (Lipinski definition) is 2.